The van der Waals surface area contributed by atoms with Gasteiger partial charge in [0.15, 0.2) is 0 Å². The molecule has 0 spiro atoms. The number of benzene rings is 2. The lowest BCUT2D eigenvalue weighted by Gasteiger charge is -2.34. The molecule has 2 aromatic carbocycles. The average Bonchev–Trinajstić information content (AvgIpc) is 3.42. The highest BCUT2D eigenvalue weighted by molar-refractivity contribution is 5.82. The van der Waals surface area contributed by atoms with E-state index in [1.807, 2.05) is 63.2 Å². The van der Waals surface area contributed by atoms with E-state index < -0.39 is 11.7 Å². The Morgan fingerprint density at radius 3 is 1.37 bits per heavy atom. The van der Waals surface area contributed by atoms with Gasteiger partial charge in [0.2, 0.25) is 29.5 Å². The molecule has 7 N–H and O–H groups in total. The first-order valence-corrected chi connectivity index (χ1v) is 28.8. The largest absolute Gasteiger partial charge is 0.508 e. The van der Waals surface area contributed by atoms with Crippen LogP contribution in [0.3, 0.4) is 0 Å². The zero-order chi connectivity index (χ0) is 54.5. The zero-order valence-electron chi connectivity index (χ0n) is 46.0. The first-order valence-electron chi connectivity index (χ1n) is 28.8. The van der Waals surface area contributed by atoms with Gasteiger partial charge in [0.1, 0.15) is 11.4 Å². The second kappa shape index (κ2) is 30.3. The van der Waals surface area contributed by atoms with Crippen LogP contribution >= 0.6 is 0 Å². The van der Waals surface area contributed by atoms with Gasteiger partial charge in [-0.25, -0.2) is 4.79 Å². The maximum Gasteiger partial charge on any atom is 0.407 e. The quantitative estimate of drug-likeness (QED) is 0.0501. The number of hydrogen-bond acceptors (Lipinski definition) is 10. The predicted octanol–water partition coefficient (Wildman–Crippen LogP) is 7.98. The minimum atomic E-state index is -0.620. The number of aromatic hydroxyl groups is 1. The summed E-state index contributed by atoms with van der Waals surface area (Å²) in [5.74, 6) is -1.66. The van der Waals surface area contributed by atoms with Crippen LogP contribution in [0.1, 0.15) is 160 Å². The number of ether oxygens (including phenoxy) is 2. The van der Waals surface area contributed by atoms with Crippen LogP contribution < -0.4 is 31.9 Å². The number of phenols is 1. The Morgan fingerprint density at radius 1 is 0.513 bits per heavy atom. The van der Waals surface area contributed by atoms with Crippen molar-refractivity contribution in [2.24, 2.45) is 47.3 Å². The number of rotatable bonds is 24. The van der Waals surface area contributed by atoms with Gasteiger partial charge in [-0.1, -0.05) is 93.8 Å². The van der Waals surface area contributed by atoms with Gasteiger partial charge in [0, 0.05) is 68.9 Å². The summed E-state index contributed by atoms with van der Waals surface area (Å²) in [6.45, 7) is 6.97. The Kier molecular flexibility index (Phi) is 23.8. The van der Waals surface area contributed by atoms with Crippen LogP contribution in [0.2, 0.25) is 0 Å². The molecule has 0 aromatic heterocycles. The van der Waals surface area contributed by atoms with E-state index in [0.717, 1.165) is 107 Å². The second-order valence-corrected chi connectivity index (χ2v) is 23.4. The van der Waals surface area contributed by atoms with E-state index in [4.69, 9.17) is 9.47 Å². The van der Waals surface area contributed by atoms with Gasteiger partial charge in [-0.2, -0.15) is 0 Å². The van der Waals surface area contributed by atoms with Gasteiger partial charge in [0.05, 0.1) is 13.0 Å². The lowest BCUT2D eigenvalue weighted by molar-refractivity contribution is -0.149. The molecule has 76 heavy (non-hydrogen) atoms. The molecular weight excluding hydrogens is 965 g/mol. The molecule has 4 fully saturated rings. The van der Waals surface area contributed by atoms with E-state index in [0.29, 0.717) is 58.3 Å². The summed E-state index contributed by atoms with van der Waals surface area (Å²) in [4.78, 5) is 94.0. The Morgan fingerprint density at radius 2 is 0.908 bits per heavy atom. The van der Waals surface area contributed by atoms with Crippen molar-refractivity contribution in [3.05, 3.63) is 65.7 Å². The molecule has 8 unspecified atom stereocenters. The molecule has 4 aliphatic carbocycles. The number of carbonyl (C=O) groups excluding carboxylic acids is 7. The van der Waals surface area contributed by atoms with E-state index in [1.54, 1.807) is 12.1 Å². The normalized spacial score (nSPS) is 24.6. The number of nitrogens with one attached hydrogen (secondary N) is 6. The molecule has 0 aliphatic heterocycles. The predicted molar refractivity (Wildman–Crippen MR) is 291 cm³/mol. The second-order valence-electron chi connectivity index (χ2n) is 23.4. The molecule has 0 radical (unpaired) electrons. The Bertz CT molecular complexity index is 2180. The van der Waals surface area contributed by atoms with Gasteiger partial charge in [-0.15, -0.1) is 0 Å². The molecule has 2 aromatic rings. The fraction of sp³-hybridized carbons (Fsp3) is 0.683. The molecule has 6 amide bonds. The summed E-state index contributed by atoms with van der Waals surface area (Å²) in [6, 6.07) is 16.2. The number of alkyl carbamates (subject to hydrolysis) is 1. The Labute approximate surface area is 451 Å². The molecular formula is C60H90N6O10. The highest BCUT2D eigenvalue weighted by Gasteiger charge is 2.37. The number of methoxy groups -OCH3 is 1. The Hall–Kier alpha value is -5.67. The van der Waals surface area contributed by atoms with Crippen molar-refractivity contribution in [2.75, 3.05) is 33.3 Å². The van der Waals surface area contributed by atoms with Crippen LogP contribution in [0.5, 0.6) is 5.75 Å². The summed E-state index contributed by atoms with van der Waals surface area (Å²) in [5.41, 5.74) is 1.36. The lowest BCUT2D eigenvalue weighted by atomic mass is 9.77. The van der Waals surface area contributed by atoms with Crippen LogP contribution in [0.4, 0.5) is 4.79 Å². The third kappa shape index (κ3) is 19.7. The fourth-order valence-electron chi connectivity index (χ4n) is 12.4. The van der Waals surface area contributed by atoms with E-state index >= 15 is 0 Å². The van der Waals surface area contributed by atoms with E-state index in [-0.39, 0.29) is 114 Å². The van der Waals surface area contributed by atoms with E-state index in [2.05, 4.69) is 31.9 Å². The number of hydrogen-bond donors (Lipinski definition) is 7. The highest BCUT2D eigenvalue weighted by Crippen LogP contribution is 2.34. The van der Waals surface area contributed by atoms with Crippen molar-refractivity contribution in [1.82, 2.24) is 31.9 Å². The van der Waals surface area contributed by atoms with Gasteiger partial charge >= 0.3 is 12.1 Å². The topological polar surface area (TPSA) is 230 Å². The first-order chi connectivity index (χ1) is 36.5. The summed E-state index contributed by atoms with van der Waals surface area (Å²) < 4.78 is 10.5. The van der Waals surface area contributed by atoms with E-state index in [9.17, 15) is 38.7 Å². The van der Waals surface area contributed by atoms with Gasteiger partial charge < -0.3 is 46.5 Å². The zero-order valence-corrected chi connectivity index (χ0v) is 46.0. The summed E-state index contributed by atoms with van der Waals surface area (Å²) in [5, 5.41) is 28.9. The smallest absolute Gasteiger partial charge is 0.407 e. The van der Waals surface area contributed by atoms with Crippen molar-refractivity contribution >= 4 is 41.6 Å². The number of amides is 6. The van der Waals surface area contributed by atoms with Crippen LogP contribution in [0.15, 0.2) is 54.6 Å². The third-order valence-electron chi connectivity index (χ3n) is 16.6. The molecule has 0 saturated heterocycles. The monoisotopic (exact) mass is 1050 g/mol. The first kappa shape index (κ1) is 59.6. The van der Waals surface area contributed by atoms with Crippen LogP contribution in [-0.2, 0) is 51.1 Å². The molecule has 0 bridgehead atoms. The maximum atomic E-state index is 14.2. The van der Waals surface area contributed by atoms with Gasteiger partial charge in [-0.3, -0.25) is 28.8 Å². The number of carbonyl (C=O) groups is 7. The van der Waals surface area contributed by atoms with Crippen molar-refractivity contribution in [3.8, 4) is 5.75 Å². The van der Waals surface area contributed by atoms with Crippen LogP contribution in [0, 0.1) is 47.3 Å². The van der Waals surface area contributed by atoms with Crippen molar-refractivity contribution < 1.29 is 48.1 Å². The number of esters is 1. The molecule has 10 atom stereocenters. The number of phenolic OH excluding ortho intramolecular Hbond substituents is 1. The highest BCUT2D eigenvalue weighted by atomic mass is 16.6. The summed E-state index contributed by atoms with van der Waals surface area (Å²) >= 11 is 0. The van der Waals surface area contributed by atoms with Crippen LogP contribution in [-0.4, -0.2) is 97.7 Å². The maximum absolute atomic E-state index is 14.2. The van der Waals surface area contributed by atoms with Gasteiger partial charge in [0.25, 0.3) is 0 Å². The molecule has 420 valence electrons. The average molecular weight is 1060 g/mol. The third-order valence-corrected chi connectivity index (χ3v) is 16.6. The lowest BCUT2D eigenvalue weighted by Crippen LogP contribution is -2.47. The van der Waals surface area contributed by atoms with Crippen LogP contribution in [0.25, 0.3) is 0 Å². The minimum absolute atomic E-state index is 0.0203. The van der Waals surface area contributed by atoms with Crippen molar-refractivity contribution in [1.29, 1.82) is 0 Å². The van der Waals surface area contributed by atoms with Gasteiger partial charge in [-0.05, 0) is 145 Å². The van der Waals surface area contributed by atoms with E-state index in [1.165, 1.54) is 7.11 Å². The molecule has 4 aliphatic rings. The standard InChI is InChI=1S/C60H90N6O10/c1-60(2,3)76-59(74)64-39-44-20-10-14-24-51(44)57(72)65-46(34-40-16-6-5-7-17-40)28-32-53(68)61-36-42-18-8-12-22-49(42)55(70)63-38-43-19-9-13-23-50(43)56(71)66-47(35-41-26-30-48(67)31-27-41)29-33-54(69)62-37-45-21-11-15-25-52(45)58(73)75-4/h5-7,16-17,26-27,30-31,42-47,49-52,67H,8-15,18-25,28-29,32-39H2,1-4H3,(H,61,68)(H,62,69)(H,63,70)(H,64,74)(H,65,72)(H,66,71)/t42?,43?,44?,45?,46-,47-,49?,50?,51?,52?/m1/s1. The van der Waals surface area contributed by atoms with Crippen molar-refractivity contribution in [3.63, 3.8) is 0 Å². The molecule has 4 saturated carbocycles. The summed E-state index contributed by atoms with van der Waals surface area (Å²) in [6.07, 6.45) is 15.7. The minimum Gasteiger partial charge on any atom is -0.508 e. The van der Waals surface area contributed by atoms with Crippen molar-refractivity contribution in [2.45, 2.75) is 180 Å². The fourth-order valence-corrected chi connectivity index (χ4v) is 12.4. The molecule has 16 nitrogen and oxygen atoms in total. The molecule has 6 rings (SSSR count). The molecule has 16 heteroatoms. The molecule has 0 heterocycles. The summed E-state index contributed by atoms with van der Waals surface area (Å²) in [7, 11) is 1.40. The Balaban J connectivity index is 0.992. The SMILES string of the molecule is COC(=O)C1CCCCC1CNC(=O)CC[C@H](Cc1ccc(O)cc1)NC(=O)C1CCCCC1CNC(=O)C1CCCCC1CNC(=O)CC[C@H](Cc1ccccc1)NC(=O)C1CCCCC1CNC(=O)OC(C)(C)C.